The third-order valence-electron chi connectivity index (χ3n) is 1.47. The van der Waals surface area contributed by atoms with E-state index in [9.17, 15) is 8.42 Å². The predicted octanol–water partition coefficient (Wildman–Crippen LogP) is 0.216. The highest BCUT2D eigenvalue weighted by Crippen LogP contribution is 2.23. The van der Waals surface area contributed by atoms with E-state index in [-0.39, 0.29) is 0 Å². The molecule has 1 aromatic rings. The monoisotopic (exact) mass is 202 g/mol. The largest absolute Gasteiger partial charge is 0.497 e. The number of ether oxygens (including phenoxy) is 1. The number of benzene rings is 1. The maximum atomic E-state index is 10.4. The van der Waals surface area contributed by atoms with Crippen LogP contribution in [0, 0.1) is 0 Å². The Kier molecular flexibility index (Phi) is 2.97. The Hall–Kier alpha value is -1.43. The number of nitrogens with two attached hydrogens (primary N) is 1. The normalized spacial score (nSPS) is 10.0. The van der Waals surface area contributed by atoms with Crippen LogP contribution in [0.4, 0.5) is 11.4 Å². The summed E-state index contributed by atoms with van der Waals surface area (Å²) in [6, 6.07) is 4.73. The van der Waals surface area contributed by atoms with Crippen molar-refractivity contribution >= 4 is 22.3 Å². The lowest BCUT2D eigenvalue weighted by atomic mass is 10.2. The van der Waals surface area contributed by atoms with E-state index in [0.717, 1.165) is 0 Å². The summed E-state index contributed by atoms with van der Waals surface area (Å²) < 4.78 is 27.8. The SMILES string of the molecule is COc1ccc(N)c(N[SH](=O)=O)c1. The van der Waals surface area contributed by atoms with Gasteiger partial charge in [0.25, 0.3) is 0 Å². The second-order valence-corrected chi connectivity index (χ2v) is 3.06. The van der Waals surface area contributed by atoms with Gasteiger partial charge in [0.1, 0.15) is 5.75 Å². The molecule has 0 radical (unpaired) electrons. The van der Waals surface area contributed by atoms with E-state index < -0.39 is 10.9 Å². The van der Waals surface area contributed by atoms with E-state index in [4.69, 9.17) is 10.5 Å². The quantitative estimate of drug-likeness (QED) is 0.483. The number of methoxy groups -OCH3 is 1. The lowest BCUT2D eigenvalue weighted by Crippen LogP contribution is -1.99. The molecule has 0 saturated carbocycles. The summed E-state index contributed by atoms with van der Waals surface area (Å²) in [7, 11) is -1.20. The molecule has 0 aliphatic carbocycles. The molecule has 72 valence electrons. The Morgan fingerprint density at radius 2 is 2.15 bits per heavy atom. The van der Waals surface area contributed by atoms with Crippen LogP contribution in [0.25, 0.3) is 0 Å². The van der Waals surface area contributed by atoms with Crippen molar-refractivity contribution in [2.75, 3.05) is 17.6 Å². The number of nitrogen functional groups attached to an aromatic ring is 1. The molecule has 0 bridgehead atoms. The molecule has 0 spiro atoms. The van der Waals surface area contributed by atoms with Crippen molar-refractivity contribution in [1.82, 2.24) is 0 Å². The van der Waals surface area contributed by atoms with Crippen molar-refractivity contribution in [3.05, 3.63) is 18.2 Å². The summed E-state index contributed by atoms with van der Waals surface area (Å²) in [6.45, 7) is 0. The predicted molar refractivity (Wildman–Crippen MR) is 51.3 cm³/mol. The van der Waals surface area contributed by atoms with Crippen LogP contribution in [0.3, 0.4) is 0 Å². The zero-order valence-corrected chi connectivity index (χ0v) is 7.88. The fourth-order valence-electron chi connectivity index (χ4n) is 0.858. The number of hydrogen-bond donors (Lipinski definition) is 3. The first-order valence-electron chi connectivity index (χ1n) is 3.48. The molecule has 1 aromatic carbocycles. The highest BCUT2D eigenvalue weighted by molar-refractivity contribution is 7.73. The first kappa shape index (κ1) is 9.66. The minimum absolute atomic E-state index is 0.329. The number of hydrogen-bond acceptors (Lipinski definition) is 4. The Bertz CT molecular complexity index is 368. The van der Waals surface area contributed by atoms with Gasteiger partial charge in [0.2, 0.25) is 10.9 Å². The summed E-state index contributed by atoms with van der Waals surface area (Å²) in [5.74, 6) is 0.550. The number of anilines is 2. The van der Waals surface area contributed by atoms with Gasteiger partial charge in [0.15, 0.2) is 0 Å². The highest BCUT2D eigenvalue weighted by atomic mass is 32.2. The fourth-order valence-corrected chi connectivity index (χ4v) is 1.25. The summed E-state index contributed by atoms with van der Waals surface area (Å²) >= 11 is 0. The van der Waals surface area contributed by atoms with E-state index in [0.29, 0.717) is 17.1 Å². The molecule has 0 heterocycles. The van der Waals surface area contributed by atoms with Gasteiger partial charge in [-0.25, -0.2) is 8.42 Å². The zero-order chi connectivity index (χ0) is 9.84. The molecule has 0 amide bonds. The van der Waals surface area contributed by atoms with Crippen molar-refractivity contribution in [3.63, 3.8) is 0 Å². The average molecular weight is 202 g/mol. The molecular formula is C7H10N2O3S. The zero-order valence-electron chi connectivity index (χ0n) is 6.98. The first-order valence-corrected chi connectivity index (χ1v) is 4.66. The van der Waals surface area contributed by atoms with Crippen LogP contribution in [0.1, 0.15) is 0 Å². The molecule has 0 aliphatic heterocycles. The minimum atomic E-state index is -2.70. The molecule has 5 nitrogen and oxygen atoms in total. The summed E-state index contributed by atoms with van der Waals surface area (Å²) in [4.78, 5) is 0. The number of thiol groups is 1. The van der Waals surface area contributed by atoms with Gasteiger partial charge >= 0.3 is 0 Å². The Morgan fingerprint density at radius 3 is 2.69 bits per heavy atom. The molecular weight excluding hydrogens is 192 g/mol. The molecule has 6 heteroatoms. The van der Waals surface area contributed by atoms with Gasteiger partial charge in [0, 0.05) is 6.07 Å². The fraction of sp³-hybridized carbons (Fsp3) is 0.143. The maximum absolute atomic E-state index is 10.4. The lowest BCUT2D eigenvalue weighted by molar-refractivity contribution is 0.415. The van der Waals surface area contributed by atoms with Gasteiger partial charge in [-0.2, -0.15) is 0 Å². The Morgan fingerprint density at radius 1 is 1.46 bits per heavy atom. The smallest absolute Gasteiger partial charge is 0.222 e. The molecule has 0 aromatic heterocycles. The van der Waals surface area contributed by atoms with Gasteiger partial charge in [-0.15, -0.1) is 0 Å². The van der Waals surface area contributed by atoms with Crippen LogP contribution in [0.15, 0.2) is 18.2 Å². The second kappa shape index (κ2) is 3.99. The van der Waals surface area contributed by atoms with Crippen molar-refractivity contribution in [1.29, 1.82) is 0 Å². The van der Waals surface area contributed by atoms with E-state index in [1.165, 1.54) is 13.2 Å². The van der Waals surface area contributed by atoms with Crippen LogP contribution < -0.4 is 15.2 Å². The maximum Gasteiger partial charge on any atom is 0.222 e. The minimum Gasteiger partial charge on any atom is -0.497 e. The van der Waals surface area contributed by atoms with E-state index in [1.54, 1.807) is 12.1 Å². The molecule has 0 atom stereocenters. The number of nitrogens with one attached hydrogen (secondary N) is 1. The van der Waals surface area contributed by atoms with E-state index >= 15 is 0 Å². The highest BCUT2D eigenvalue weighted by Gasteiger charge is 2.00. The Balaban J connectivity index is 3.03. The number of rotatable bonds is 3. The molecule has 0 aliphatic rings. The second-order valence-electron chi connectivity index (χ2n) is 2.32. The Labute approximate surface area is 77.6 Å². The molecule has 0 unspecified atom stereocenters. The van der Waals surface area contributed by atoms with Crippen LogP contribution in [0.2, 0.25) is 0 Å². The topological polar surface area (TPSA) is 81.4 Å². The van der Waals surface area contributed by atoms with Crippen molar-refractivity contribution in [2.24, 2.45) is 0 Å². The average Bonchev–Trinajstić information content (AvgIpc) is 2.08. The molecule has 0 fully saturated rings. The summed E-state index contributed by atoms with van der Waals surface area (Å²) in [6.07, 6.45) is 0. The van der Waals surface area contributed by atoms with Gasteiger partial charge in [-0.3, -0.25) is 4.72 Å². The first-order chi connectivity index (χ1) is 6.13. The standard InChI is InChI=1S/C7H10N2O3S/c1-12-5-2-3-6(8)7(4-5)9-13(10)11/h2-4,13H,8H2,1H3,(H,9,10,11). The van der Waals surface area contributed by atoms with Gasteiger partial charge in [-0.05, 0) is 12.1 Å². The third-order valence-corrected chi connectivity index (χ3v) is 1.90. The summed E-state index contributed by atoms with van der Waals surface area (Å²) in [5.41, 5.74) is 6.20. The molecule has 3 N–H and O–H groups in total. The van der Waals surface area contributed by atoms with Crippen LogP contribution in [-0.4, -0.2) is 15.5 Å². The van der Waals surface area contributed by atoms with E-state index in [2.05, 4.69) is 4.72 Å². The van der Waals surface area contributed by atoms with Crippen LogP contribution >= 0.6 is 0 Å². The van der Waals surface area contributed by atoms with Crippen LogP contribution in [-0.2, 0) is 10.9 Å². The van der Waals surface area contributed by atoms with Crippen LogP contribution in [0.5, 0.6) is 5.75 Å². The summed E-state index contributed by atoms with van der Waals surface area (Å²) in [5, 5.41) is 0. The van der Waals surface area contributed by atoms with Crippen molar-refractivity contribution in [2.45, 2.75) is 0 Å². The molecule has 1 rings (SSSR count). The third kappa shape index (κ3) is 2.51. The molecule has 0 saturated heterocycles. The van der Waals surface area contributed by atoms with Gasteiger partial charge in [-0.1, -0.05) is 0 Å². The van der Waals surface area contributed by atoms with Crippen molar-refractivity contribution in [3.8, 4) is 5.75 Å². The van der Waals surface area contributed by atoms with Gasteiger partial charge in [0.05, 0.1) is 18.5 Å². The van der Waals surface area contributed by atoms with Gasteiger partial charge < -0.3 is 10.5 Å². The van der Waals surface area contributed by atoms with E-state index in [1.807, 2.05) is 0 Å². The van der Waals surface area contributed by atoms with Crippen molar-refractivity contribution < 1.29 is 13.2 Å². The lowest BCUT2D eigenvalue weighted by Gasteiger charge is -2.05. The molecule has 13 heavy (non-hydrogen) atoms.